The van der Waals surface area contributed by atoms with E-state index in [4.69, 9.17) is 0 Å². The molecule has 1 aliphatic heterocycles. The van der Waals surface area contributed by atoms with Crippen LogP contribution in [0.4, 0.5) is 8.78 Å². The largest absolute Gasteiger partial charge is 0.316 e. The molecule has 0 bridgehead atoms. The zero-order chi connectivity index (χ0) is 11.6. The van der Waals surface area contributed by atoms with Crippen molar-refractivity contribution in [2.75, 3.05) is 13.1 Å². The van der Waals surface area contributed by atoms with Gasteiger partial charge in [-0.15, -0.1) is 0 Å². The molecule has 86 valence electrons. The summed E-state index contributed by atoms with van der Waals surface area (Å²) < 4.78 is 27.3. The van der Waals surface area contributed by atoms with Gasteiger partial charge in [0.25, 0.3) is 5.92 Å². The molecule has 1 atom stereocenters. The summed E-state index contributed by atoms with van der Waals surface area (Å²) in [5.41, 5.74) is 0.751. The molecular formula is C11H12F2N2O. The maximum absolute atomic E-state index is 13.6. The highest BCUT2D eigenvalue weighted by atomic mass is 19.3. The molecule has 3 nitrogen and oxygen atoms in total. The van der Waals surface area contributed by atoms with Gasteiger partial charge in [0.2, 0.25) is 0 Å². The van der Waals surface area contributed by atoms with Gasteiger partial charge in [-0.2, -0.15) is 0 Å². The molecule has 0 saturated carbocycles. The van der Waals surface area contributed by atoms with E-state index < -0.39 is 11.8 Å². The predicted molar refractivity (Wildman–Crippen MR) is 54.8 cm³/mol. The van der Waals surface area contributed by atoms with E-state index in [0.29, 0.717) is 24.0 Å². The Kier molecular flexibility index (Phi) is 2.96. The number of aldehydes is 1. The third kappa shape index (κ3) is 2.09. The molecule has 1 aliphatic rings. The summed E-state index contributed by atoms with van der Waals surface area (Å²) in [6.45, 7) is 0.543. The Morgan fingerprint density at radius 2 is 2.31 bits per heavy atom. The molecule has 1 saturated heterocycles. The van der Waals surface area contributed by atoms with Crippen LogP contribution >= 0.6 is 0 Å². The number of alkyl halides is 2. The summed E-state index contributed by atoms with van der Waals surface area (Å²) in [6, 6.07) is 1.48. The molecule has 2 rings (SSSR count). The highest BCUT2D eigenvalue weighted by Gasteiger charge is 2.42. The standard InChI is InChI=1S/C11H12F2N2O/c12-11(13)1-2-14-6-10(11)9-3-8(7-16)4-15-5-9/h3-5,7,10,14H,1-2,6H2. The quantitative estimate of drug-likeness (QED) is 0.779. The lowest BCUT2D eigenvalue weighted by Crippen LogP contribution is -2.43. The summed E-state index contributed by atoms with van der Waals surface area (Å²) in [5.74, 6) is -3.62. The highest BCUT2D eigenvalue weighted by molar-refractivity contribution is 5.74. The Labute approximate surface area is 91.9 Å². The molecule has 0 aromatic carbocycles. The second kappa shape index (κ2) is 4.25. The Morgan fingerprint density at radius 1 is 1.50 bits per heavy atom. The number of aromatic nitrogens is 1. The molecular weight excluding hydrogens is 214 g/mol. The first kappa shape index (κ1) is 11.1. The number of pyridine rings is 1. The number of rotatable bonds is 2. The van der Waals surface area contributed by atoms with Gasteiger partial charge in [0.1, 0.15) is 0 Å². The fraction of sp³-hybridized carbons (Fsp3) is 0.455. The number of nitrogens with zero attached hydrogens (tertiary/aromatic N) is 1. The van der Waals surface area contributed by atoms with Crippen LogP contribution in [0.1, 0.15) is 28.3 Å². The number of piperidine rings is 1. The molecule has 5 heteroatoms. The molecule has 1 aromatic rings. The number of carbonyl (C=O) groups excluding carboxylic acids is 1. The van der Waals surface area contributed by atoms with Crippen molar-refractivity contribution in [1.82, 2.24) is 10.3 Å². The molecule has 0 amide bonds. The van der Waals surface area contributed by atoms with Crippen molar-refractivity contribution in [2.24, 2.45) is 0 Å². The molecule has 1 unspecified atom stereocenters. The zero-order valence-electron chi connectivity index (χ0n) is 8.62. The van der Waals surface area contributed by atoms with Crippen molar-refractivity contribution >= 4 is 6.29 Å². The molecule has 2 heterocycles. The molecule has 1 fully saturated rings. The van der Waals surface area contributed by atoms with Gasteiger partial charge in [0, 0.05) is 37.5 Å². The number of hydrogen-bond donors (Lipinski definition) is 1. The fourth-order valence-corrected chi connectivity index (χ4v) is 1.92. The summed E-state index contributed by atoms with van der Waals surface area (Å²) in [6.07, 6.45) is 3.21. The second-order valence-corrected chi connectivity index (χ2v) is 3.94. The van der Waals surface area contributed by atoms with Crippen LogP contribution in [0.25, 0.3) is 0 Å². The average molecular weight is 226 g/mol. The van der Waals surface area contributed by atoms with Crippen molar-refractivity contribution in [2.45, 2.75) is 18.3 Å². The normalized spacial score (nSPS) is 24.0. The lowest BCUT2D eigenvalue weighted by Gasteiger charge is -2.32. The van der Waals surface area contributed by atoms with Crippen molar-refractivity contribution in [1.29, 1.82) is 0 Å². The SMILES string of the molecule is O=Cc1cncc(C2CNCCC2(F)F)c1. The van der Waals surface area contributed by atoms with Gasteiger partial charge in [-0.25, -0.2) is 8.78 Å². The van der Waals surface area contributed by atoms with Crippen LogP contribution in [0.2, 0.25) is 0 Å². The van der Waals surface area contributed by atoms with Crippen LogP contribution in [0, 0.1) is 0 Å². The van der Waals surface area contributed by atoms with E-state index in [-0.39, 0.29) is 13.0 Å². The third-order valence-electron chi connectivity index (χ3n) is 2.81. The first-order valence-corrected chi connectivity index (χ1v) is 5.12. The van der Waals surface area contributed by atoms with Crippen molar-refractivity contribution in [3.63, 3.8) is 0 Å². The van der Waals surface area contributed by atoms with E-state index >= 15 is 0 Å². The van der Waals surface area contributed by atoms with Gasteiger partial charge in [0.15, 0.2) is 6.29 Å². The average Bonchev–Trinajstić information content (AvgIpc) is 2.28. The van der Waals surface area contributed by atoms with Crippen LogP contribution in [0.5, 0.6) is 0 Å². The minimum absolute atomic E-state index is 0.178. The minimum Gasteiger partial charge on any atom is -0.316 e. The van der Waals surface area contributed by atoms with Gasteiger partial charge in [-0.05, 0) is 11.6 Å². The Balaban J connectivity index is 2.31. The summed E-state index contributed by atoms with van der Waals surface area (Å²) in [4.78, 5) is 14.4. The van der Waals surface area contributed by atoms with E-state index in [1.807, 2.05) is 0 Å². The molecule has 1 N–H and O–H groups in total. The van der Waals surface area contributed by atoms with Crippen molar-refractivity contribution < 1.29 is 13.6 Å². The van der Waals surface area contributed by atoms with Crippen LogP contribution in [-0.4, -0.2) is 30.3 Å². The molecule has 0 radical (unpaired) electrons. The minimum atomic E-state index is -2.73. The molecule has 0 spiro atoms. The van der Waals surface area contributed by atoms with Crippen LogP contribution in [-0.2, 0) is 0 Å². The van der Waals surface area contributed by atoms with Gasteiger partial charge in [0.05, 0.1) is 5.92 Å². The smallest absolute Gasteiger partial charge is 0.257 e. The van der Waals surface area contributed by atoms with Crippen molar-refractivity contribution in [3.05, 3.63) is 29.6 Å². The lowest BCUT2D eigenvalue weighted by atomic mass is 9.88. The Bertz CT molecular complexity index is 395. The molecule has 0 aliphatic carbocycles. The number of hydrogen-bond acceptors (Lipinski definition) is 3. The Morgan fingerprint density at radius 3 is 3.00 bits per heavy atom. The van der Waals surface area contributed by atoms with Crippen LogP contribution in [0.15, 0.2) is 18.5 Å². The van der Waals surface area contributed by atoms with E-state index in [9.17, 15) is 13.6 Å². The number of carbonyl (C=O) groups is 1. The summed E-state index contributed by atoms with van der Waals surface area (Å²) >= 11 is 0. The van der Waals surface area contributed by atoms with Crippen molar-refractivity contribution in [3.8, 4) is 0 Å². The Hall–Kier alpha value is -1.36. The monoisotopic (exact) mass is 226 g/mol. The van der Waals surface area contributed by atoms with Gasteiger partial charge >= 0.3 is 0 Å². The molecule has 16 heavy (non-hydrogen) atoms. The first-order valence-electron chi connectivity index (χ1n) is 5.12. The van der Waals surface area contributed by atoms with Gasteiger partial charge in [-0.1, -0.05) is 0 Å². The molecule has 1 aromatic heterocycles. The van der Waals surface area contributed by atoms with Gasteiger partial charge in [-0.3, -0.25) is 9.78 Å². The van der Waals surface area contributed by atoms with E-state index in [1.54, 1.807) is 0 Å². The second-order valence-electron chi connectivity index (χ2n) is 3.94. The number of halogens is 2. The zero-order valence-corrected chi connectivity index (χ0v) is 8.62. The summed E-state index contributed by atoms with van der Waals surface area (Å²) in [5, 5.41) is 2.93. The van der Waals surface area contributed by atoms with Crippen LogP contribution < -0.4 is 5.32 Å². The maximum atomic E-state index is 13.6. The fourth-order valence-electron chi connectivity index (χ4n) is 1.92. The number of nitrogens with one attached hydrogen (secondary N) is 1. The lowest BCUT2D eigenvalue weighted by molar-refractivity contribution is -0.0480. The highest BCUT2D eigenvalue weighted by Crippen LogP contribution is 2.37. The van der Waals surface area contributed by atoms with Gasteiger partial charge < -0.3 is 5.32 Å². The van der Waals surface area contributed by atoms with E-state index in [0.717, 1.165) is 0 Å². The first-order chi connectivity index (χ1) is 7.63. The summed E-state index contributed by atoms with van der Waals surface area (Å²) in [7, 11) is 0. The topological polar surface area (TPSA) is 42.0 Å². The van der Waals surface area contributed by atoms with E-state index in [2.05, 4.69) is 10.3 Å². The third-order valence-corrected chi connectivity index (χ3v) is 2.81. The van der Waals surface area contributed by atoms with Crippen LogP contribution in [0.3, 0.4) is 0 Å². The predicted octanol–water partition coefficient (Wildman–Crippen LogP) is 1.61. The van der Waals surface area contributed by atoms with E-state index in [1.165, 1.54) is 18.5 Å². The maximum Gasteiger partial charge on any atom is 0.257 e.